The van der Waals surface area contributed by atoms with Gasteiger partial charge in [0.2, 0.25) is 0 Å². The van der Waals surface area contributed by atoms with E-state index in [-0.39, 0.29) is 12.5 Å². The van der Waals surface area contributed by atoms with Crippen LogP contribution in [0.3, 0.4) is 0 Å². The molecule has 1 unspecified atom stereocenters. The van der Waals surface area contributed by atoms with Gasteiger partial charge in [-0.15, -0.1) is 11.3 Å². The molecule has 21 heavy (non-hydrogen) atoms. The van der Waals surface area contributed by atoms with Gasteiger partial charge in [0.1, 0.15) is 5.60 Å². The topological polar surface area (TPSA) is 88.5 Å². The number of hydrogen-bond donors (Lipinski definition) is 2. The third-order valence-corrected chi connectivity index (χ3v) is 3.37. The average Bonchev–Trinajstić information content (AvgIpc) is 2.69. The number of ether oxygens (including phenoxy) is 1. The third kappa shape index (κ3) is 7.65. The van der Waals surface area contributed by atoms with Crippen LogP contribution in [0.5, 0.6) is 0 Å². The van der Waals surface area contributed by atoms with Gasteiger partial charge in [-0.25, -0.2) is 9.78 Å². The highest BCUT2D eigenvalue weighted by molar-refractivity contribution is 7.09. The number of carboxylic acid groups (broad SMARTS) is 1. The highest BCUT2D eigenvalue weighted by Gasteiger charge is 2.21. The van der Waals surface area contributed by atoms with Crippen LogP contribution in [0.15, 0.2) is 5.38 Å². The van der Waals surface area contributed by atoms with Crippen LogP contribution < -0.4 is 5.32 Å². The van der Waals surface area contributed by atoms with Crippen LogP contribution in [-0.4, -0.2) is 33.8 Å². The Hall–Kier alpha value is -1.63. The van der Waals surface area contributed by atoms with E-state index in [2.05, 4.69) is 10.3 Å². The summed E-state index contributed by atoms with van der Waals surface area (Å²) in [4.78, 5) is 26.9. The van der Waals surface area contributed by atoms with E-state index in [0.29, 0.717) is 12.8 Å². The Morgan fingerprint density at radius 1 is 1.48 bits per heavy atom. The summed E-state index contributed by atoms with van der Waals surface area (Å²) in [5, 5.41) is 14.4. The molecule has 6 nitrogen and oxygen atoms in total. The highest BCUT2D eigenvalue weighted by atomic mass is 32.1. The molecule has 118 valence electrons. The maximum Gasteiger partial charge on any atom is 0.407 e. The van der Waals surface area contributed by atoms with Crippen LogP contribution in [0.4, 0.5) is 4.79 Å². The van der Waals surface area contributed by atoms with E-state index in [1.807, 2.05) is 12.3 Å². The molecule has 0 aliphatic carbocycles. The summed E-state index contributed by atoms with van der Waals surface area (Å²) in [7, 11) is 0. The summed E-state index contributed by atoms with van der Waals surface area (Å²) in [6.45, 7) is 7.25. The SMILES string of the molecule is Cc1nc(CC(CCC(=O)O)NC(=O)OC(C)(C)C)cs1. The molecule has 7 heteroatoms. The van der Waals surface area contributed by atoms with E-state index in [0.717, 1.165) is 10.7 Å². The van der Waals surface area contributed by atoms with Crippen LogP contribution in [0.25, 0.3) is 0 Å². The van der Waals surface area contributed by atoms with Crippen molar-refractivity contribution in [1.82, 2.24) is 10.3 Å². The molecule has 0 aromatic carbocycles. The van der Waals surface area contributed by atoms with E-state index in [1.165, 1.54) is 11.3 Å². The van der Waals surface area contributed by atoms with E-state index in [9.17, 15) is 9.59 Å². The number of carbonyl (C=O) groups excluding carboxylic acids is 1. The summed E-state index contributed by atoms with van der Waals surface area (Å²) >= 11 is 1.53. The minimum atomic E-state index is -0.888. The average molecular weight is 314 g/mol. The van der Waals surface area contributed by atoms with Crippen LogP contribution in [-0.2, 0) is 16.0 Å². The number of nitrogens with zero attached hydrogens (tertiary/aromatic N) is 1. The van der Waals surface area contributed by atoms with E-state index in [1.54, 1.807) is 20.8 Å². The van der Waals surface area contributed by atoms with Crippen LogP contribution in [0.2, 0.25) is 0 Å². The molecule has 0 bridgehead atoms. The summed E-state index contributed by atoms with van der Waals surface area (Å²) in [5.74, 6) is -0.888. The molecule has 0 saturated heterocycles. The smallest absolute Gasteiger partial charge is 0.407 e. The molecule has 0 aliphatic heterocycles. The predicted molar refractivity (Wildman–Crippen MR) is 80.6 cm³/mol. The van der Waals surface area contributed by atoms with E-state index < -0.39 is 17.7 Å². The fourth-order valence-electron chi connectivity index (χ4n) is 1.75. The second kappa shape index (κ2) is 7.40. The van der Waals surface area contributed by atoms with Crippen LogP contribution in [0, 0.1) is 6.92 Å². The number of aromatic nitrogens is 1. The lowest BCUT2D eigenvalue weighted by Crippen LogP contribution is -2.40. The van der Waals surface area contributed by atoms with Gasteiger partial charge in [-0.05, 0) is 34.1 Å². The normalized spacial score (nSPS) is 12.8. The number of alkyl carbamates (subject to hydrolysis) is 1. The lowest BCUT2D eigenvalue weighted by atomic mass is 10.1. The Balaban J connectivity index is 2.63. The highest BCUT2D eigenvalue weighted by Crippen LogP contribution is 2.13. The fraction of sp³-hybridized carbons (Fsp3) is 0.643. The largest absolute Gasteiger partial charge is 0.481 e. The molecule has 1 heterocycles. The van der Waals surface area contributed by atoms with Gasteiger partial charge in [0.05, 0.1) is 10.7 Å². The van der Waals surface area contributed by atoms with Crippen molar-refractivity contribution >= 4 is 23.4 Å². The Morgan fingerprint density at radius 2 is 2.14 bits per heavy atom. The first kappa shape index (κ1) is 17.4. The van der Waals surface area contributed by atoms with Gasteiger partial charge in [-0.3, -0.25) is 4.79 Å². The zero-order valence-corrected chi connectivity index (χ0v) is 13.6. The van der Waals surface area contributed by atoms with Crippen LogP contribution >= 0.6 is 11.3 Å². The van der Waals surface area contributed by atoms with Crippen molar-refractivity contribution in [2.75, 3.05) is 0 Å². The number of nitrogens with one attached hydrogen (secondary N) is 1. The Morgan fingerprint density at radius 3 is 2.62 bits per heavy atom. The molecule has 0 radical (unpaired) electrons. The zero-order valence-electron chi connectivity index (χ0n) is 12.8. The number of carboxylic acids is 1. The van der Waals surface area contributed by atoms with Gasteiger partial charge in [0, 0.05) is 24.3 Å². The maximum atomic E-state index is 11.8. The Bertz CT molecular complexity index is 493. The summed E-state index contributed by atoms with van der Waals surface area (Å²) in [6.07, 6.45) is 0.288. The quantitative estimate of drug-likeness (QED) is 0.843. The monoisotopic (exact) mass is 314 g/mol. The predicted octanol–water partition coefficient (Wildman–Crippen LogP) is 2.75. The van der Waals surface area contributed by atoms with Gasteiger partial charge in [0.15, 0.2) is 0 Å². The summed E-state index contributed by atoms with van der Waals surface area (Å²) in [5.41, 5.74) is 0.266. The van der Waals surface area contributed by atoms with Crippen molar-refractivity contribution in [3.63, 3.8) is 0 Å². The molecule has 1 atom stereocenters. The Kier molecular flexibility index (Phi) is 6.14. The van der Waals surface area contributed by atoms with Gasteiger partial charge in [0.25, 0.3) is 0 Å². The molecule has 1 amide bonds. The zero-order chi connectivity index (χ0) is 16.0. The molecule has 0 aliphatic rings. The number of hydrogen-bond acceptors (Lipinski definition) is 5. The number of carbonyl (C=O) groups is 2. The van der Waals surface area contributed by atoms with E-state index >= 15 is 0 Å². The van der Waals surface area contributed by atoms with E-state index in [4.69, 9.17) is 9.84 Å². The second-order valence-corrected chi connectivity index (χ2v) is 6.90. The molecule has 0 fully saturated rings. The molecule has 1 aromatic heterocycles. The first-order valence-electron chi connectivity index (χ1n) is 6.78. The minimum Gasteiger partial charge on any atom is -0.481 e. The number of thiazole rings is 1. The lowest BCUT2D eigenvalue weighted by Gasteiger charge is -2.23. The Labute approximate surface area is 128 Å². The fourth-order valence-corrected chi connectivity index (χ4v) is 2.38. The van der Waals surface area contributed by atoms with Gasteiger partial charge >= 0.3 is 12.1 Å². The minimum absolute atomic E-state index is 0.0103. The third-order valence-electron chi connectivity index (χ3n) is 2.55. The van der Waals surface area contributed by atoms with Gasteiger partial charge in [-0.2, -0.15) is 0 Å². The number of amides is 1. The number of rotatable bonds is 6. The van der Waals surface area contributed by atoms with Crippen molar-refractivity contribution in [3.8, 4) is 0 Å². The summed E-state index contributed by atoms with van der Waals surface area (Å²) < 4.78 is 5.20. The molecule has 1 aromatic rings. The molecule has 0 saturated carbocycles. The molecule has 2 N–H and O–H groups in total. The van der Waals surface area contributed by atoms with Crippen molar-refractivity contribution in [3.05, 3.63) is 16.1 Å². The maximum absolute atomic E-state index is 11.8. The standard InChI is InChI=1S/C14H22N2O4S/c1-9-15-11(8-21-9)7-10(5-6-12(17)18)16-13(19)20-14(2,3)4/h8,10H,5-7H2,1-4H3,(H,16,19)(H,17,18). The van der Waals surface area contributed by atoms with Gasteiger partial charge in [-0.1, -0.05) is 0 Å². The van der Waals surface area contributed by atoms with Crippen LogP contribution in [0.1, 0.15) is 44.3 Å². The second-order valence-electron chi connectivity index (χ2n) is 5.84. The summed E-state index contributed by atoms with van der Waals surface area (Å²) in [6, 6.07) is -0.308. The molecular weight excluding hydrogens is 292 g/mol. The molecule has 0 spiro atoms. The molecular formula is C14H22N2O4S. The van der Waals surface area contributed by atoms with Crippen molar-refractivity contribution in [2.24, 2.45) is 0 Å². The molecule has 1 rings (SSSR count). The van der Waals surface area contributed by atoms with Crippen molar-refractivity contribution in [1.29, 1.82) is 0 Å². The number of aryl methyl sites for hydroxylation is 1. The first-order chi connectivity index (χ1) is 9.65. The van der Waals surface area contributed by atoms with Crippen molar-refractivity contribution < 1.29 is 19.4 Å². The van der Waals surface area contributed by atoms with Gasteiger partial charge < -0.3 is 15.2 Å². The van der Waals surface area contributed by atoms with Crippen molar-refractivity contribution in [2.45, 2.75) is 58.6 Å². The first-order valence-corrected chi connectivity index (χ1v) is 7.66. The lowest BCUT2D eigenvalue weighted by molar-refractivity contribution is -0.137. The number of aliphatic carboxylic acids is 1.